The third-order valence-electron chi connectivity index (χ3n) is 5.61. The number of carbonyl (C=O) groups excluding carboxylic acids is 1. The van der Waals surface area contributed by atoms with Gasteiger partial charge in [-0.25, -0.2) is 0 Å². The molecular formula is C28H29N3O4S. The molecule has 1 amide bonds. The highest BCUT2D eigenvalue weighted by Crippen LogP contribution is 2.35. The molecule has 36 heavy (non-hydrogen) atoms. The number of carbonyl (C=O) groups is 1. The smallest absolute Gasteiger partial charge is 0.267 e. The van der Waals surface area contributed by atoms with Crippen LogP contribution in [0.3, 0.4) is 0 Å². The zero-order valence-electron chi connectivity index (χ0n) is 21.0. The van der Waals surface area contributed by atoms with Crippen LogP contribution in [0.15, 0.2) is 80.4 Å². The third kappa shape index (κ3) is 5.88. The highest BCUT2D eigenvalue weighted by Gasteiger charge is 2.34. The molecule has 0 unspecified atom stereocenters. The van der Waals surface area contributed by atoms with Crippen LogP contribution in [0.2, 0.25) is 0 Å². The first-order chi connectivity index (χ1) is 17.3. The molecule has 0 spiro atoms. The normalized spacial score (nSPS) is 16.5. The van der Waals surface area contributed by atoms with Gasteiger partial charge in [-0.1, -0.05) is 51.1 Å². The van der Waals surface area contributed by atoms with Crippen molar-refractivity contribution < 1.29 is 18.7 Å². The Morgan fingerprint density at radius 3 is 2.36 bits per heavy atom. The van der Waals surface area contributed by atoms with Crippen LogP contribution < -0.4 is 9.47 Å². The molecule has 1 aliphatic heterocycles. The minimum Gasteiger partial charge on any atom is -0.493 e. The van der Waals surface area contributed by atoms with Gasteiger partial charge in [0.1, 0.15) is 5.76 Å². The van der Waals surface area contributed by atoms with Crippen molar-refractivity contribution in [3.8, 4) is 11.5 Å². The van der Waals surface area contributed by atoms with Gasteiger partial charge in [0.15, 0.2) is 16.7 Å². The highest BCUT2D eigenvalue weighted by molar-refractivity contribution is 8.18. The molecule has 2 heterocycles. The Bertz CT molecular complexity index is 1300. The maximum atomic E-state index is 13.3. The summed E-state index contributed by atoms with van der Waals surface area (Å²) in [6.45, 7) is 6.79. The van der Waals surface area contributed by atoms with Gasteiger partial charge in [-0.15, -0.1) is 5.10 Å². The number of benzene rings is 2. The Labute approximate surface area is 215 Å². The number of nitrogens with zero attached hydrogens (tertiary/aromatic N) is 3. The molecule has 0 bridgehead atoms. The molecule has 0 saturated carbocycles. The number of ether oxygens (including phenoxy) is 2. The monoisotopic (exact) mass is 503 g/mol. The summed E-state index contributed by atoms with van der Waals surface area (Å²) in [5.41, 5.74) is 3.07. The lowest BCUT2D eigenvalue weighted by molar-refractivity contribution is -0.122. The third-order valence-corrected chi connectivity index (χ3v) is 6.61. The zero-order chi connectivity index (χ0) is 25.7. The van der Waals surface area contributed by atoms with E-state index in [1.165, 1.54) is 17.3 Å². The first-order valence-corrected chi connectivity index (χ1v) is 12.3. The van der Waals surface area contributed by atoms with E-state index in [4.69, 9.17) is 13.9 Å². The topological polar surface area (TPSA) is 76.6 Å². The van der Waals surface area contributed by atoms with E-state index in [2.05, 4.69) is 43.1 Å². The minimum atomic E-state index is -0.172. The van der Waals surface area contributed by atoms with Crippen LogP contribution in [0.25, 0.3) is 6.08 Å². The number of methoxy groups -OCH3 is 2. The summed E-state index contributed by atoms with van der Waals surface area (Å²) >= 11 is 1.27. The summed E-state index contributed by atoms with van der Waals surface area (Å²) in [7, 11) is 3.16. The summed E-state index contributed by atoms with van der Waals surface area (Å²) in [4.78, 5) is 15.4. The molecule has 1 aliphatic rings. The second kappa shape index (κ2) is 10.9. The number of rotatable bonds is 7. The van der Waals surface area contributed by atoms with E-state index in [0.717, 1.165) is 11.1 Å². The van der Waals surface area contributed by atoms with Crippen molar-refractivity contribution in [2.75, 3.05) is 14.2 Å². The molecule has 0 aliphatic carbocycles. The van der Waals surface area contributed by atoms with Gasteiger partial charge >= 0.3 is 0 Å². The molecule has 2 aromatic carbocycles. The van der Waals surface area contributed by atoms with Gasteiger partial charge in [-0.05, 0) is 64.2 Å². The first-order valence-electron chi connectivity index (χ1n) is 11.5. The number of furan rings is 1. The number of hydrogen-bond acceptors (Lipinski definition) is 7. The van der Waals surface area contributed by atoms with Crippen molar-refractivity contribution in [2.24, 2.45) is 10.2 Å². The lowest BCUT2D eigenvalue weighted by Crippen LogP contribution is -2.28. The predicted octanol–water partition coefficient (Wildman–Crippen LogP) is 6.10. The van der Waals surface area contributed by atoms with Crippen molar-refractivity contribution in [3.63, 3.8) is 0 Å². The van der Waals surface area contributed by atoms with Crippen LogP contribution in [0, 0.1) is 0 Å². The van der Waals surface area contributed by atoms with Gasteiger partial charge in [-0.3, -0.25) is 9.69 Å². The number of thioether (sulfide) groups is 1. The van der Waals surface area contributed by atoms with Crippen molar-refractivity contribution in [1.29, 1.82) is 0 Å². The van der Waals surface area contributed by atoms with Crippen LogP contribution in [-0.2, 0) is 16.8 Å². The lowest BCUT2D eigenvalue weighted by atomic mass is 9.87. The number of amidine groups is 1. The molecule has 7 nitrogen and oxygen atoms in total. The predicted molar refractivity (Wildman–Crippen MR) is 145 cm³/mol. The molecule has 0 atom stereocenters. The fourth-order valence-electron chi connectivity index (χ4n) is 3.59. The molecule has 3 aromatic rings. The summed E-state index contributed by atoms with van der Waals surface area (Å²) in [5.74, 6) is 1.70. The average molecular weight is 504 g/mol. The van der Waals surface area contributed by atoms with Gasteiger partial charge in [0, 0.05) is 0 Å². The van der Waals surface area contributed by atoms with E-state index < -0.39 is 0 Å². The van der Waals surface area contributed by atoms with E-state index in [0.29, 0.717) is 27.3 Å². The van der Waals surface area contributed by atoms with Gasteiger partial charge in [0.2, 0.25) is 0 Å². The van der Waals surface area contributed by atoms with Crippen LogP contribution in [-0.4, -0.2) is 36.4 Å². The van der Waals surface area contributed by atoms with Crippen LogP contribution in [0.4, 0.5) is 0 Å². The van der Waals surface area contributed by atoms with Gasteiger partial charge in [-0.2, -0.15) is 5.10 Å². The molecule has 0 N–H and O–H groups in total. The Hall–Kier alpha value is -3.78. The maximum Gasteiger partial charge on any atom is 0.267 e. The Morgan fingerprint density at radius 1 is 1.00 bits per heavy atom. The zero-order valence-corrected chi connectivity index (χ0v) is 21.8. The second-order valence-corrected chi connectivity index (χ2v) is 10.2. The van der Waals surface area contributed by atoms with E-state index in [9.17, 15) is 4.79 Å². The Balaban J connectivity index is 1.60. The second-order valence-electron chi connectivity index (χ2n) is 9.19. The Kier molecular flexibility index (Phi) is 7.64. The molecule has 1 saturated heterocycles. The van der Waals surface area contributed by atoms with Crippen molar-refractivity contribution >= 4 is 35.1 Å². The Morgan fingerprint density at radius 2 is 1.72 bits per heavy atom. The quantitative estimate of drug-likeness (QED) is 0.221. The first kappa shape index (κ1) is 25.3. The molecular weight excluding hydrogens is 474 g/mol. The average Bonchev–Trinajstić information content (AvgIpc) is 3.48. The standard InChI is InChI=1S/C28H29N3O4S/c1-28(2,3)21-11-8-19(9-12-21)17-29-30-27-31(18-22-7-6-14-35-22)26(32)25(36-27)16-20-10-13-23(33-4)24(15-20)34-5/h6-17H,18H2,1-5H3/b25-16-,29-17-,30-27+. The van der Waals surface area contributed by atoms with Crippen molar-refractivity contribution in [1.82, 2.24) is 4.90 Å². The summed E-state index contributed by atoms with van der Waals surface area (Å²) < 4.78 is 16.2. The fraction of sp³-hybridized carbons (Fsp3) is 0.250. The molecule has 1 aromatic heterocycles. The minimum absolute atomic E-state index is 0.0831. The van der Waals surface area contributed by atoms with Gasteiger partial charge in [0.05, 0.1) is 38.1 Å². The van der Waals surface area contributed by atoms with Gasteiger partial charge < -0.3 is 13.9 Å². The molecule has 0 radical (unpaired) electrons. The van der Waals surface area contributed by atoms with Crippen LogP contribution >= 0.6 is 11.8 Å². The molecule has 1 fully saturated rings. The maximum absolute atomic E-state index is 13.3. The van der Waals surface area contributed by atoms with Crippen LogP contribution in [0.1, 0.15) is 43.2 Å². The summed E-state index contributed by atoms with van der Waals surface area (Å²) in [6.07, 6.45) is 5.08. The van der Waals surface area contributed by atoms with E-state index in [1.54, 1.807) is 43.7 Å². The number of hydrogen-bond donors (Lipinski definition) is 0. The molecule has 4 rings (SSSR count). The SMILES string of the molecule is COc1ccc(/C=C2\S/C(=N/N=C\c3ccc(C(C)(C)C)cc3)N(Cc3ccco3)C2=O)cc1OC. The van der Waals surface area contributed by atoms with E-state index >= 15 is 0 Å². The summed E-state index contributed by atoms with van der Waals surface area (Å²) in [6, 6.07) is 17.3. The highest BCUT2D eigenvalue weighted by atomic mass is 32.2. The lowest BCUT2D eigenvalue weighted by Gasteiger charge is -2.18. The van der Waals surface area contributed by atoms with Crippen LogP contribution in [0.5, 0.6) is 11.5 Å². The molecule has 186 valence electrons. The summed E-state index contributed by atoms with van der Waals surface area (Å²) in [5, 5.41) is 9.13. The van der Waals surface area contributed by atoms with Crippen molar-refractivity contribution in [2.45, 2.75) is 32.7 Å². The van der Waals surface area contributed by atoms with E-state index in [1.807, 2.05) is 36.4 Å². The van der Waals surface area contributed by atoms with Crippen molar-refractivity contribution in [3.05, 3.63) is 88.2 Å². The van der Waals surface area contributed by atoms with E-state index in [-0.39, 0.29) is 17.9 Å². The fourth-order valence-corrected chi connectivity index (χ4v) is 4.52. The number of amides is 1. The molecule has 8 heteroatoms. The largest absolute Gasteiger partial charge is 0.493 e. The van der Waals surface area contributed by atoms with Gasteiger partial charge in [0.25, 0.3) is 5.91 Å².